The van der Waals surface area contributed by atoms with Gasteiger partial charge in [-0.3, -0.25) is 0 Å². The smallest absolute Gasteiger partial charge is 0.203 e. The average molecular weight is 375 g/mol. The summed E-state index contributed by atoms with van der Waals surface area (Å²) in [5.41, 5.74) is 4.89. The number of hydrogen-bond donors (Lipinski definition) is 2. The summed E-state index contributed by atoms with van der Waals surface area (Å²) in [6.07, 6.45) is 1.53. The first kappa shape index (κ1) is 18.3. The number of nitriles is 1. The van der Waals surface area contributed by atoms with Crippen molar-refractivity contribution in [1.82, 2.24) is 9.97 Å². The van der Waals surface area contributed by atoms with Crippen LogP contribution in [-0.2, 0) is 16.7 Å². The molecule has 2 aromatic carbocycles. The minimum Gasteiger partial charge on any atom is -0.381 e. The molecule has 0 saturated carbocycles. The Kier molecular flexibility index (Phi) is 4.93. The van der Waals surface area contributed by atoms with E-state index in [2.05, 4.69) is 51.7 Å². The summed E-state index contributed by atoms with van der Waals surface area (Å²) in [4.78, 5) is 9.83. The van der Waals surface area contributed by atoms with Gasteiger partial charge >= 0.3 is 0 Å². The Morgan fingerprint density at radius 1 is 1.18 bits per heavy atom. The van der Waals surface area contributed by atoms with E-state index in [0.29, 0.717) is 13.2 Å². The van der Waals surface area contributed by atoms with Gasteiger partial charge in [0.15, 0.2) is 0 Å². The van der Waals surface area contributed by atoms with Crippen molar-refractivity contribution < 1.29 is 4.74 Å². The first-order chi connectivity index (χ1) is 13.6. The number of anilines is 2. The Morgan fingerprint density at radius 3 is 2.61 bits per heavy atom. The van der Waals surface area contributed by atoms with Crippen LogP contribution in [0.5, 0.6) is 0 Å². The first-order valence-electron chi connectivity index (χ1n) is 9.59. The fourth-order valence-corrected chi connectivity index (χ4v) is 3.65. The van der Waals surface area contributed by atoms with Crippen LogP contribution in [0, 0.1) is 11.3 Å². The van der Waals surface area contributed by atoms with Crippen LogP contribution in [0.1, 0.15) is 24.0 Å². The third-order valence-electron chi connectivity index (χ3n) is 5.46. The molecule has 1 fully saturated rings. The Morgan fingerprint density at radius 2 is 1.93 bits per heavy atom. The summed E-state index contributed by atoms with van der Waals surface area (Å²) in [5.74, 6) is 0.849. The SMILES string of the molecule is CN(C)c1nc2ccc(NCc3ccc(C4(C#N)CCOCC4)cc3)cc2[nH]1. The van der Waals surface area contributed by atoms with Gasteiger partial charge in [-0.2, -0.15) is 5.26 Å². The van der Waals surface area contributed by atoms with Gasteiger partial charge in [-0.05, 0) is 42.2 Å². The molecule has 4 rings (SSSR count). The van der Waals surface area contributed by atoms with Crippen LogP contribution in [0.4, 0.5) is 11.6 Å². The molecule has 1 saturated heterocycles. The third kappa shape index (κ3) is 3.54. The van der Waals surface area contributed by atoms with E-state index in [1.54, 1.807) is 0 Å². The fourth-order valence-electron chi connectivity index (χ4n) is 3.65. The first-order valence-corrected chi connectivity index (χ1v) is 9.59. The van der Waals surface area contributed by atoms with Crippen molar-refractivity contribution in [1.29, 1.82) is 5.26 Å². The molecule has 3 aromatic rings. The molecule has 0 bridgehead atoms. The van der Waals surface area contributed by atoms with E-state index < -0.39 is 5.41 Å². The molecule has 1 aliphatic heterocycles. The molecule has 0 radical (unpaired) electrons. The minimum absolute atomic E-state index is 0.403. The summed E-state index contributed by atoms with van der Waals surface area (Å²) in [7, 11) is 3.94. The van der Waals surface area contributed by atoms with E-state index in [9.17, 15) is 5.26 Å². The molecular formula is C22H25N5O. The van der Waals surface area contributed by atoms with Crippen LogP contribution < -0.4 is 10.2 Å². The largest absolute Gasteiger partial charge is 0.381 e. The van der Waals surface area contributed by atoms with Crippen LogP contribution in [0.25, 0.3) is 11.0 Å². The second kappa shape index (κ2) is 7.53. The number of nitrogens with zero attached hydrogens (tertiary/aromatic N) is 3. The lowest BCUT2D eigenvalue weighted by atomic mass is 9.75. The Hall–Kier alpha value is -3.04. The maximum atomic E-state index is 9.71. The number of aromatic amines is 1. The quantitative estimate of drug-likeness (QED) is 0.709. The Balaban J connectivity index is 1.45. The Bertz CT molecular complexity index is 994. The van der Waals surface area contributed by atoms with Gasteiger partial charge in [0.2, 0.25) is 5.95 Å². The molecule has 2 heterocycles. The van der Waals surface area contributed by atoms with E-state index in [4.69, 9.17) is 4.74 Å². The molecule has 144 valence electrons. The molecule has 0 unspecified atom stereocenters. The monoisotopic (exact) mass is 375 g/mol. The van der Waals surface area contributed by atoms with Crippen molar-refractivity contribution in [2.75, 3.05) is 37.5 Å². The van der Waals surface area contributed by atoms with Gasteiger partial charge in [0.25, 0.3) is 0 Å². The van der Waals surface area contributed by atoms with Crippen LogP contribution in [0.2, 0.25) is 0 Å². The van der Waals surface area contributed by atoms with Crippen molar-refractivity contribution in [2.24, 2.45) is 0 Å². The van der Waals surface area contributed by atoms with E-state index in [0.717, 1.165) is 47.6 Å². The fraction of sp³-hybridized carbons (Fsp3) is 0.364. The number of nitrogens with one attached hydrogen (secondary N) is 2. The van der Waals surface area contributed by atoms with Crippen LogP contribution in [0.15, 0.2) is 42.5 Å². The lowest BCUT2D eigenvalue weighted by Crippen LogP contribution is -2.32. The van der Waals surface area contributed by atoms with Gasteiger partial charge in [0, 0.05) is 39.5 Å². The summed E-state index contributed by atoms with van der Waals surface area (Å²) >= 11 is 0. The van der Waals surface area contributed by atoms with Gasteiger partial charge in [-0.25, -0.2) is 4.98 Å². The van der Waals surface area contributed by atoms with Crippen molar-refractivity contribution in [2.45, 2.75) is 24.8 Å². The minimum atomic E-state index is -0.403. The zero-order valence-electron chi connectivity index (χ0n) is 16.3. The highest BCUT2D eigenvalue weighted by Gasteiger charge is 2.34. The molecule has 2 N–H and O–H groups in total. The zero-order valence-corrected chi connectivity index (χ0v) is 16.3. The second-order valence-corrected chi connectivity index (χ2v) is 7.54. The summed E-state index contributed by atoms with van der Waals surface area (Å²) < 4.78 is 5.43. The van der Waals surface area contributed by atoms with Gasteiger partial charge in [0.05, 0.1) is 22.5 Å². The van der Waals surface area contributed by atoms with Gasteiger partial charge < -0.3 is 19.9 Å². The maximum Gasteiger partial charge on any atom is 0.203 e. The third-order valence-corrected chi connectivity index (χ3v) is 5.46. The number of rotatable bonds is 5. The lowest BCUT2D eigenvalue weighted by molar-refractivity contribution is 0.0675. The number of benzene rings is 2. The number of H-pyrrole nitrogens is 1. The molecule has 0 atom stereocenters. The van der Waals surface area contributed by atoms with Gasteiger partial charge in [0.1, 0.15) is 0 Å². The predicted molar refractivity (Wildman–Crippen MR) is 112 cm³/mol. The van der Waals surface area contributed by atoms with Crippen molar-refractivity contribution in [3.05, 3.63) is 53.6 Å². The normalized spacial score (nSPS) is 15.9. The number of ether oxygens (including phenoxy) is 1. The van der Waals surface area contributed by atoms with Gasteiger partial charge in [-0.15, -0.1) is 0 Å². The van der Waals surface area contributed by atoms with Gasteiger partial charge in [-0.1, -0.05) is 24.3 Å². The lowest BCUT2D eigenvalue weighted by Gasteiger charge is -2.31. The molecule has 0 aliphatic carbocycles. The molecule has 0 spiro atoms. The Labute approximate surface area is 165 Å². The molecule has 1 aliphatic rings. The van der Waals surface area contributed by atoms with Crippen molar-refractivity contribution in [3.63, 3.8) is 0 Å². The van der Waals surface area contributed by atoms with Crippen LogP contribution in [0.3, 0.4) is 0 Å². The highest BCUT2D eigenvalue weighted by Crippen LogP contribution is 2.34. The average Bonchev–Trinajstić information content (AvgIpc) is 3.17. The topological polar surface area (TPSA) is 77.0 Å². The van der Waals surface area contributed by atoms with E-state index in [1.165, 1.54) is 5.56 Å². The van der Waals surface area contributed by atoms with E-state index in [-0.39, 0.29) is 0 Å². The van der Waals surface area contributed by atoms with Crippen LogP contribution >= 0.6 is 0 Å². The molecule has 28 heavy (non-hydrogen) atoms. The number of aromatic nitrogens is 2. The zero-order chi connectivity index (χ0) is 19.6. The molecule has 6 nitrogen and oxygen atoms in total. The number of imidazole rings is 1. The summed E-state index contributed by atoms with van der Waals surface area (Å²) in [5, 5.41) is 13.2. The van der Waals surface area contributed by atoms with E-state index in [1.807, 2.05) is 31.1 Å². The summed E-state index contributed by atoms with van der Waals surface area (Å²) in [6, 6.07) is 17.1. The second-order valence-electron chi connectivity index (χ2n) is 7.54. The van der Waals surface area contributed by atoms with Crippen molar-refractivity contribution in [3.8, 4) is 6.07 Å². The number of hydrogen-bond acceptors (Lipinski definition) is 5. The molecule has 0 amide bonds. The molecule has 1 aromatic heterocycles. The summed E-state index contributed by atoms with van der Waals surface area (Å²) in [6.45, 7) is 2.04. The highest BCUT2D eigenvalue weighted by atomic mass is 16.5. The number of fused-ring (bicyclic) bond motifs is 1. The molecular weight excluding hydrogens is 350 g/mol. The maximum absolute atomic E-state index is 9.71. The van der Waals surface area contributed by atoms with E-state index >= 15 is 0 Å². The standard InChI is InChI=1S/C22H25N5O/c1-27(2)21-25-19-8-7-18(13-20(19)26-21)24-14-16-3-5-17(6-4-16)22(15-23)9-11-28-12-10-22/h3-8,13,24H,9-12,14H2,1-2H3,(H,25,26). The highest BCUT2D eigenvalue weighted by molar-refractivity contribution is 5.81. The molecule has 6 heteroatoms. The predicted octanol–water partition coefficient (Wildman–Crippen LogP) is 3.81. The van der Waals surface area contributed by atoms with Crippen LogP contribution in [-0.4, -0.2) is 37.3 Å². The van der Waals surface area contributed by atoms with Crippen molar-refractivity contribution >= 4 is 22.7 Å².